The van der Waals surface area contributed by atoms with E-state index in [-0.39, 0.29) is 5.91 Å². The average Bonchev–Trinajstić information content (AvgIpc) is 2.94. The van der Waals surface area contributed by atoms with E-state index in [1.54, 1.807) is 4.90 Å². The number of thioether (sulfide) groups is 1. The second-order valence-electron chi connectivity index (χ2n) is 6.98. The molecule has 1 amide bonds. The summed E-state index contributed by atoms with van der Waals surface area (Å²) in [5.41, 5.74) is 4.95. The Morgan fingerprint density at radius 2 is 2.00 bits per heavy atom. The number of hydrogen-bond acceptors (Lipinski definition) is 4. The van der Waals surface area contributed by atoms with Crippen LogP contribution in [0.1, 0.15) is 23.1 Å². The SMILES string of the molecule is CN1CCCc2cc(/C=C3\SC(=S)N(CCc4ccccc4)C3=O)ccc21. The van der Waals surface area contributed by atoms with Crippen LogP contribution in [0.4, 0.5) is 5.69 Å². The van der Waals surface area contributed by atoms with Gasteiger partial charge in [0.15, 0.2) is 0 Å². The zero-order chi connectivity index (χ0) is 18.8. The van der Waals surface area contributed by atoms with E-state index in [0.29, 0.717) is 10.9 Å². The van der Waals surface area contributed by atoms with Gasteiger partial charge in [-0.05, 0) is 54.2 Å². The molecule has 2 aromatic rings. The lowest BCUT2D eigenvalue weighted by molar-refractivity contribution is -0.122. The molecule has 3 nitrogen and oxygen atoms in total. The van der Waals surface area contributed by atoms with Crippen LogP contribution in [0.3, 0.4) is 0 Å². The van der Waals surface area contributed by atoms with E-state index in [4.69, 9.17) is 12.2 Å². The number of rotatable bonds is 4. The van der Waals surface area contributed by atoms with Crippen LogP contribution in [0.25, 0.3) is 6.08 Å². The number of carbonyl (C=O) groups excluding carboxylic acids is 1. The van der Waals surface area contributed by atoms with Crippen LogP contribution in [0.5, 0.6) is 0 Å². The van der Waals surface area contributed by atoms with E-state index in [1.807, 2.05) is 24.3 Å². The molecule has 0 aromatic heterocycles. The van der Waals surface area contributed by atoms with E-state index in [9.17, 15) is 4.79 Å². The molecular weight excluding hydrogens is 372 g/mol. The van der Waals surface area contributed by atoms with Crippen LogP contribution < -0.4 is 4.90 Å². The van der Waals surface area contributed by atoms with Crippen molar-refractivity contribution in [1.29, 1.82) is 0 Å². The van der Waals surface area contributed by atoms with Crippen molar-refractivity contribution in [3.63, 3.8) is 0 Å². The highest BCUT2D eigenvalue weighted by Crippen LogP contribution is 2.34. The fourth-order valence-corrected chi connectivity index (χ4v) is 4.93. The Bertz CT molecular complexity index is 908. The summed E-state index contributed by atoms with van der Waals surface area (Å²) in [6.45, 7) is 1.73. The molecule has 0 bridgehead atoms. The summed E-state index contributed by atoms with van der Waals surface area (Å²) in [5, 5.41) is 0. The van der Waals surface area contributed by atoms with Gasteiger partial charge in [-0.1, -0.05) is 60.4 Å². The van der Waals surface area contributed by atoms with E-state index in [1.165, 1.54) is 35.0 Å². The van der Waals surface area contributed by atoms with Crippen molar-refractivity contribution in [2.24, 2.45) is 0 Å². The Morgan fingerprint density at radius 1 is 1.19 bits per heavy atom. The molecule has 0 radical (unpaired) electrons. The zero-order valence-electron chi connectivity index (χ0n) is 15.4. The molecule has 0 unspecified atom stereocenters. The molecule has 138 valence electrons. The van der Waals surface area contributed by atoms with Crippen LogP contribution in [-0.4, -0.2) is 35.3 Å². The molecule has 2 aromatic carbocycles. The molecule has 1 saturated heterocycles. The van der Waals surface area contributed by atoms with Gasteiger partial charge in [-0.25, -0.2) is 0 Å². The van der Waals surface area contributed by atoms with Crippen LogP contribution in [0.2, 0.25) is 0 Å². The van der Waals surface area contributed by atoms with Crippen molar-refractivity contribution in [1.82, 2.24) is 4.90 Å². The molecule has 0 N–H and O–H groups in total. The maximum atomic E-state index is 12.8. The summed E-state index contributed by atoms with van der Waals surface area (Å²) in [5.74, 6) is 0.0239. The summed E-state index contributed by atoms with van der Waals surface area (Å²) >= 11 is 6.87. The van der Waals surface area contributed by atoms with Crippen LogP contribution in [0.15, 0.2) is 53.4 Å². The fraction of sp³-hybridized carbons (Fsp3) is 0.273. The van der Waals surface area contributed by atoms with Gasteiger partial charge in [0.25, 0.3) is 5.91 Å². The Balaban J connectivity index is 1.49. The van der Waals surface area contributed by atoms with Gasteiger partial charge in [0.05, 0.1) is 4.91 Å². The summed E-state index contributed by atoms with van der Waals surface area (Å²) in [7, 11) is 2.13. The number of thiocarbonyl (C=S) groups is 1. The van der Waals surface area contributed by atoms with Gasteiger partial charge >= 0.3 is 0 Å². The van der Waals surface area contributed by atoms with Gasteiger partial charge in [-0.2, -0.15) is 0 Å². The number of aryl methyl sites for hydroxylation is 1. The standard InChI is InChI=1S/C22H22N2OS2/c1-23-12-5-8-18-14-17(9-10-19(18)23)15-20-21(25)24(22(26)27-20)13-11-16-6-3-2-4-7-16/h2-4,6-7,9-10,14-15H,5,8,11-13H2,1H3/b20-15-. The molecule has 5 heteroatoms. The Hall–Kier alpha value is -2.11. The smallest absolute Gasteiger partial charge is 0.266 e. The average molecular weight is 395 g/mol. The molecule has 0 spiro atoms. The van der Waals surface area contributed by atoms with Crippen LogP contribution in [0, 0.1) is 0 Å². The van der Waals surface area contributed by atoms with Gasteiger partial charge in [-0.3, -0.25) is 9.69 Å². The normalized spacial score (nSPS) is 18.3. The zero-order valence-corrected chi connectivity index (χ0v) is 17.0. The number of anilines is 1. The monoisotopic (exact) mass is 394 g/mol. The van der Waals surface area contributed by atoms with Crippen LogP contribution >= 0.6 is 24.0 Å². The van der Waals surface area contributed by atoms with Crippen molar-refractivity contribution in [3.8, 4) is 0 Å². The van der Waals surface area contributed by atoms with E-state index in [0.717, 1.165) is 29.9 Å². The highest BCUT2D eigenvalue weighted by atomic mass is 32.2. The van der Waals surface area contributed by atoms with Gasteiger partial charge in [0, 0.05) is 25.8 Å². The maximum Gasteiger partial charge on any atom is 0.266 e. The second kappa shape index (κ2) is 7.87. The number of amides is 1. The number of hydrogen-bond donors (Lipinski definition) is 0. The highest BCUT2D eigenvalue weighted by molar-refractivity contribution is 8.26. The third-order valence-corrected chi connectivity index (χ3v) is 6.47. The summed E-state index contributed by atoms with van der Waals surface area (Å²) in [6.07, 6.45) is 5.07. The predicted molar refractivity (Wildman–Crippen MR) is 118 cm³/mol. The number of carbonyl (C=O) groups is 1. The van der Waals surface area contributed by atoms with Gasteiger partial charge in [0.2, 0.25) is 0 Å². The van der Waals surface area contributed by atoms with Gasteiger partial charge in [0.1, 0.15) is 4.32 Å². The largest absolute Gasteiger partial charge is 0.374 e. The molecule has 1 fully saturated rings. The summed E-state index contributed by atoms with van der Waals surface area (Å²) in [4.78, 5) is 17.6. The van der Waals surface area contributed by atoms with Crippen molar-refractivity contribution >= 4 is 46.0 Å². The molecule has 2 heterocycles. The third-order valence-electron chi connectivity index (χ3n) is 5.09. The lowest BCUT2D eigenvalue weighted by atomic mass is 9.99. The first-order chi connectivity index (χ1) is 13.1. The van der Waals surface area contributed by atoms with E-state index >= 15 is 0 Å². The number of fused-ring (bicyclic) bond motifs is 1. The molecule has 4 rings (SSSR count). The minimum atomic E-state index is 0.0239. The van der Waals surface area contributed by atoms with Gasteiger partial charge < -0.3 is 4.90 Å². The third kappa shape index (κ3) is 3.94. The molecule has 27 heavy (non-hydrogen) atoms. The quantitative estimate of drug-likeness (QED) is 0.562. The Labute approximate surface area is 170 Å². The Morgan fingerprint density at radius 3 is 2.81 bits per heavy atom. The minimum Gasteiger partial charge on any atom is -0.374 e. The molecule has 0 aliphatic carbocycles. The molecule has 2 aliphatic rings. The topological polar surface area (TPSA) is 23.6 Å². The van der Waals surface area contributed by atoms with Gasteiger partial charge in [-0.15, -0.1) is 0 Å². The first-order valence-electron chi connectivity index (χ1n) is 9.25. The summed E-state index contributed by atoms with van der Waals surface area (Å²) < 4.78 is 0.653. The van der Waals surface area contributed by atoms with Crippen molar-refractivity contribution in [2.45, 2.75) is 19.3 Å². The lowest BCUT2D eigenvalue weighted by Gasteiger charge is -2.27. The number of nitrogens with zero attached hydrogens (tertiary/aromatic N) is 2. The van der Waals surface area contributed by atoms with Crippen molar-refractivity contribution in [2.75, 3.05) is 25.0 Å². The first-order valence-corrected chi connectivity index (χ1v) is 10.5. The van der Waals surface area contributed by atoms with Crippen molar-refractivity contribution in [3.05, 3.63) is 70.1 Å². The Kier molecular flexibility index (Phi) is 5.32. The van der Waals surface area contributed by atoms with E-state index in [2.05, 4.69) is 42.3 Å². The van der Waals surface area contributed by atoms with Crippen LogP contribution in [-0.2, 0) is 17.6 Å². The first kappa shape index (κ1) is 18.3. The van der Waals surface area contributed by atoms with E-state index < -0.39 is 0 Å². The lowest BCUT2D eigenvalue weighted by Crippen LogP contribution is -2.30. The molecule has 0 atom stereocenters. The minimum absolute atomic E-state index is 0.0239. The fourth-order valence-electron chi connectivity index (χ4n) is 3.62. The number of benzene rings is 2. The molecule has 0 saturated carbocycles. The molecular formula is C22H22N2OS2. The highest BCUT2D eigenvalue weighted by Gasteiger charge is 2.31. The molecule has 2 aliphatic heterocycles. The summed E-state index contributed by atoms with van der Waals surface area (Å²) in [6, 6.07) is 16.7. The maximum absolute atomic E-state index is 12.8. The second-order valence-corrected chi connectivity index (χ2v) is 8.66. The predicted octanol–water partition coefficient (Wildman–Crippen LogP) is 4.51. The van der Waals surface area contributed by atoms with Crippen molar-refractivity contribution < 1.29 is 4.79 Å².